The Bertz CT molecular complexity index is 216. The summed E-state index contributed by atoms with van der Waals surface area (Å²) in [7, 11) is 1.72. The molecule has 0 aliphatic rings. The molecule has 0 heterocycles. The molecule has 0 rings (SSSR count). The van der Waals surface area contributed by atoms with E-state index in [2.05, 4.69) is 24.2 Å². The summed E-state index contributed by atoms with van der Waals surface area (Å²) >= 11 is 3.87. The van der Waals surface area contributed by atoms with Gasteiger partial charge in [0, 0.05) is 7.05 Å². The van der Waals surface area contributed by atoms with Crippen molar-refractivity contribution in [3.05, 3.63) is 11.6 Å². The first-order valence-electron chi connectivity index (χ1n) is 3.84. The van der Waals surface area contributed by atoms with Crippen molar-refractivity contribution in [2.75, 3.05) is 20.2 Å². The zero-order chi connectivity index (χ0) is 10.3. The van der Waals surface area contributed by atoms with Crippen molar-refractivity contribution >= 4 is 24.9 Å². The first kappa shape index (κ1) is 12.0. The van der Waals surface area contributed by atoms with Crippen molar-refractivity contribution in [2.45, 2.75) is 6.92 Å². The van der Waals surface area contributed by atoms with E-state index in [1.165, 1.54) is 6.34 Å². The molecule has 13 heavy (non-hydrogen) atoms. The molecule has 0 aromatic carbocycles. The van der Waals surface area contributed by atoms with Crippen molar-refractivity contribution in [2.24, 2.45) is 4.99 Å². The molecule has 0 N–H and O–H groups in total. The number of likely N-dealkylation sites (N-methyl/N-ethyl adjacent to an activating group) is 1. The van der Waals surface area contributed by atoms with Gasteiger partial charge in [-0.2, -0.15) is 0 Å². The molecule has 0 unspecified atom stereocenters. The van der Waals surface area contributed by atoms with Crippen LogP contribution in [0.2, 0.25) is 0 Å². The number of nitrogens with zero attached hydrogens (tertiary/aromatic N) is 2. The predicted octanol–water partition coefficient (Wildman–Crippen LogP) is 0.911. The van der Waals surface area contributed by atoms with Crippen LogP contribution in [-0.2, 0) is 9.53 Å². The summed E-state index contributed by atoms with van der Waals surface area (Å²) in [6.07, 6.45) is 1.48. The van der Waals surface area contributed by atoms with Crippen LogP contribution in [-0.4, -0.2) is 37.4 Å². The second kappa shape index (κ2) is 6.54. The number of carbonyl (C=O) groups excluding carboxylic acids is 1. The van der Waals surface area contributed by atoms with E-state index in [0.717, 1.165) is 0 Å². The molecule has 5 heteroatoms. The molecular weight excluding hydrogens is 188 g/mol. The fourth-order valence-electron chi connectivity index (χ4n) is 0.616. The van der Waals surface area contributed by atoms with Crippen molar-refractivity contribution in [1.29, 1.82) is 0 Å². The monoisotopic (exact) mass is 202 g/mol. The first-order valence-corrected chi connectivity index (χ1v) is 4.29. The largest absolute Gasteiger partial charge is 0.465 e. The zero-order valence-electron chi connectivity index (χ0n) is 7.86. The Hall–Kier alpha value is -0.970. The maximum atomic E-state index is 10.9. The lowest BCUT2D eigenvalue weighted by molar-refractivity contribution is -0.143. The minimum absolute atomic E-state index is 0.179. The summed E-state index contributed by atoms with van der Waals surface area (Å²) in [4.78, 5) is 16.3. The summed E-state index contributed by atoms with van der Waals surface area (Å²) in [6, 6.07) is 0. The highest BCUT2D eigenvalue weighted by Gasteiger charge is 2.02. The van der Waals surface area contributed by atoms with E-state index >= 15 is 0 Å². The summed E-state index contributed by atoms with van der Waals surface area (Å²) < 4.78 is 4.74. The molecule has 4 nitrogen and oxygen atoms in total. The average Bonchev–Trinajstić information content (AvgIpc) is 2.01. The predicted molar refractivity (Wildman–Crippen MR) is 55.9 cm³/mol. The van der Waals surface area contributed by atoms with Crippen LogP contribution in [0.5, 0.6) is 0 Å². The molecule has 0 fully saturated rings. The van der Waals surface area contributed by atoms with Gasteiger partial charge in [-0.05, 0) is 6.92 Å². The number of carbonyl (C=O) groups is 1. The Morgan fingerprint density at radius 2 is 2.38 bits per heavy atom. The highest BCUT2D eigenvalue weighted by atomic mass is 32.1. The third-order valence-corrected chi connectivity index (χ3v) is 1.20. The van der Waals surface area contributed by atoms with Crippen LogP contribution in [0.15, 0.2) is 16.6 Å². The van der Waals surface area contributed by atoms with E-state index in [1.807, 2.05) is 0 Å². The molecule has 0 aromatic rings. The molecule has 0 radical (unpaired) electrons. The molecular formula is C8H14N2O2S. The van der Waals surface area contributed by atoms with Crippen LogP contribution in [0.4, 0.5) is 0 Å². The summed E-state index contributed by atoms with van der Waals surface area (Å²) in [6.45, 7) is 5.80. The van der Waals surface area contributed by atoms with Gasteiger partial charge in [0.2, 0.25) is 0 Å². The van der Waals surface area contributed by atoms with Crippen LogP contribution in [0.1, 0.15) is 6.92 Å². The van der Waals surface area contributed by atoms with Gasteiger partial charge in [0.05, 0.1) is 18.0 Å². The van der Waals surface area contributed by atoms with Crippen LogP contribution in [0.3, 0.4) is 0 Å². The van der Waals surface area contributed by atoms with Gasteiger partial charge in [-0.15, -0.1) is 12.6 Å². The summed E-state index contributed by atoms with van der Waals surface area (Å²) in [5.74, 6) is -0.277. The van der Waals surface area contributed by atoms with E-state index in [0.29, 0.717) is 11.6 Å². The van der Waals surface area contributed by atoms with Gasteiger partial charge < -0.3 is 9.64 Å². The number of ether oxygens (including phenoxy) is 1. The van der Waals surface area contributed by atoms with Crippen LogP contribution in [0.25, 0.3) is 0 Å². The number of hydrogen-bond donors (Lipinski definition) is 1. The highest BCUT2D eigenvalue weighted by molar-refractivity contribution is 7.84. The van der Waals surface area contributed by atoms with Crippen LogP contribution in [0, 0.1) is 0 Å². The summed E-state index contributed by atoms with van der Waals surface area (Å²) in [5, 5.41) is 0.399. The maximum Gasteiger partial charge on any atom is 0.325 e. The molecule has 0 spiro atoms. The lowest BCUT2D eigenvalue weighted by Gasteiger charge is -2.10. The molecule has 74 valence electrons. The molecule has 0 amide bonds. The van der Waals surface area contributed by atoms with Gasteiger partial charge in [-0.1, -0.05) is 6.58 Å². The van der Waals surface area contributed by atoms with E-state index in [9.17, 15) is 4.79 Å². The Morgan fingerprint density at radius 3 is 2.85 bits per heavy atom. The third-order valence-electron chi connectivity index (χ3n) is 1.09. The van der Waals surface area contributed by atoms with Gasteiger partial charge in [0.25, 0.3) is 0 Å². The van der Waals surface area contributed by atoms with Crippen molar-refractivity contribution in [3.63, 3.8) is 0 Å². The third kappa shape index (κ3) is 7.39. The Kier molecular flexibility index (Phi) is 6.05. The molecule has 0 aromatic heterocycles. The van der Waals surface area contributed by atoms with Gasteiger partial charge in [0.1, 0.15) is 6.54 Å². The number of thiol groups is 1. The summed E-state index contributed by atoms with van der Waals surface area (Å²) in [5.41, 5.74) is 0. The molecule has 0 aliphatic carbocycles. The van der Waals surface area contributed by atoms with Crippen LogP contribution < -0.4 is 0 Å². The topological polar surface area (TPSA) is 41.9 Å². The highest BCUT2D eigenvalue weighted by Crippen LogP contribution is 1.95. The van der Waals surface area contributed by atoms with E-state index < -0.39 is 0 Å². The number of hydrogen-bond acceptors (Lipinski definition) is 4. The van der Waals surface area contributed by atoms with Crippen molar-refractivity contribution in [1.82, 2.24) is 4.90 Å². The Labute approximate surface area is 83.7 Å². The molecule has 0 aliphatic heterocycles. The Morgan fingerprint density at radius 1 is 1.77 bits per heavy atom. The number of aliphatic imine (C=N–C) groups is 1. The van der Waals surface area contributed by atoms with Crippen molar-refractivity contribution < 1.29 is 9.53 Å². The molecule has 0 atom stereocenters. The normalized spacial score (nSPS) is 10.1. The smallest absolute Gasteiger partial charge is 0.325 e. The maximum absolute atomic E-state index is 10.9. The second-order valence-electron chi connectivity index (χ2n) is 2.38. The number of esters is 1. The molecule has 0 saturated heterocycles. The van der Waals surface area contributed by atoms with Crippen molar-refractivity contribution in [3.8, 4) is 0 Å². The Balaban J connectivity index is 3.79. The van der Waals surface area contributed by atoms with E-state index in [1.54, 1.807) is 18.9 Å². The quantitative estimate of drug-likeness (QED) is 0.312. The lowest BCUT2D eigenvalue weighted by atomic mass is 10.6. The standard InChI is InChI=1S/C8H14N2O2S/c1-4-12-8(11)5-10(3)6-9-7(2)13/h6,13H,2,4-5H2,1,3H3/b9-6-. The van der Waals surface area contributed by atoms with Crippen LogP contribution >= 0.6 is 12.6 Å². The fourth-order valence-corrected chi connectivity index (χ4v) is 0.668. The van der Waals surface area contributed by atoms with E-state index in [4.69, 9.17) is 4.74 Å². The second-order valence-corrected chi connectivity index (χ2v) is 2.90. The number of rotatable bonds is 5. The first-order chi connectivity index (χ1) is 6.06. The molecule has 0 saturated carbocycles. The molecule has 0 bridgehead atoms. The van der Waals surface area contributed by atoms with Gasteiger partial charge in [-0.3, -0.25) is 4.79 Å². The SMILES string of the molecule is C=C(S)/N=C\N(C)CC(=O)OCC. The average molecular weight is 202 g/mol. The van der Waals surface area contributed by atoms with E-state index in [-0.39, 0.29) is 12.5 Å². The van der Waals surface area contributed by atoms with Gasteiger partial charge >= 0.3 is 5.97 Å². The van der Waals surface area contributed by atoms with Gasteiger partial charge in [0.15, 0.2) is 0 Å². The minimum atomic E-state index is -0.277. The van der Waals surface area contributed by atoms with Gasteiger partial charge in [-0.25, -0.2) is 4.99 Å². The lowest BCUT2D eigenvalue weighted by Crippen LogP contribution is -2.26. The zero-order valence-corrected chi connectivity index (χ0v) is 8.75. The minimum Gasteiger partial charge on any atom is -0.465 e. The fraction of sp³-hybridized carbons (Fsp3) is 0.500.